The highest BCUT2D eigenvalue weighted by Gasteiger charge is 2.37. The van der Waals surface area contributed by atoms with Crippen molar-refractivity contribution in [1.29, 1.82) is 0 Å². The summed E-state index contributed by atoms with van der Waals surface area (Å²) in [4.78, 5) is 40.0. The Hall–Kier alpha value is -3.53. The minimum atomic E-state index is -0.753. The fraction of sp³-hybridized carbons (Fsp3) is 0.222. The summed E-state index contributed by atoms with van der Waals surface area (Å²) in [7, 11) is 0. The van der Waals surface area contributed by atoms with Crippen molar-refractivity contribution in [3.63, 3.8) is 0 Å². The Labute approximate surface area is 181 Å². The molecule has 0 aromatic heterocycles. The molecule has 0 saturated heterocycles. The van der Waals surface area contributed by atoms with Crippen molar-refractivity contribution in [3.8, 4) is 0 Å². The van der Waals surface area contributed by atoms with Crippen molar-refractivity contribution in [2.24, 2.45) is 11.8 Å². The minimum absolute atomic E-state index is 0.0642. The zero-order valence-corrected chi connectivity index (χ0v) is 17.4. The van der Waals surface area contributed by atoms with Gasteiger partial charge in [-0.1, -0.05) is 54.6 Å². The fourth-order valence-electron chi connectivity index (χ4n) is 4.81. The Morgan fingerprint density at radius 3 is 2.23 bits per heavy atom. The van der Waals surface area contributed by atoms with E-state index in [1.165, 1.54) is 5.57 Å². The van der Waals surface area contributed by atoms with Gasteiger partial charge in [0.05, 0.1) is 0 Å². The Balaban J connectivity index is 1.46. The summed E-state index contributed by atoms with van der Waals surface area (Å²) in [5.41, 5.74) is 5.34. The standard InChI is InChI=1S/C27H23NO3/c1-17(29)20-15-19-13-18(11-12-25(19)28(16-20)21-7-3-2-4-8-21)14-24-26(30)22-9-5-6-10-23(22)27(24)31/h2-12,14,20,24H,13,15-16H2,1H3. The van der Waals surface area contributed by atoms with Crippen molar-refractivity contribution in [3.05, 3.63) is 101 Å². The van der Waals surface area contributed by atoms with Gasteiger partial charge >= 0.3 is 0 Å². The van der Waals surface area contributed by atoms with Crippen LogP contribution in [0.1, 0.15) is 40.5 Å². The van der Waals surface area contributed by atoms with Gasteiger partial charge in [0.2, 0.25) is 0 Å². The van der Waals surface area contributed by atoms with Gasteiger partial charge in [-0.25, -0.2) is 0 Å². The maximum absolute atomic E-state index is 12.8. The van der Waals surface area contributed by atoms with Crippen molar-refractivity contribution in [2.75, 3.05) is 11.4 Å². The van der Waals surface area contributed by atoms with Crippen LogP contribution in [0.5, 0.6) is 0 Å². The molecule has 0 saturated carbocycles. The topological polar surface area (TPSA) is 54.5 Å². The van der Waals surface area contributed by atoms with Crippen LogP contribution in [0, 0.1) is 11.8 Å². The lowest BCUT2D eigenvalue weighted by Crippen LogP contribution is -2.37. The second-order valence-corrected chi connectivity index (χ2v) is 8.45. The first kappa shape index (κ1) is 19.4. The summed E-state index contributed by atoms with van der Waals surface area (Å²) in [5.74, 6) is -0.888. The molecule has 3 aliphatic rings. The average Bonchev–Trinajstić information content (AvgIpc) is 3.03. The second kappa shape index (κ2) is 7.62. The van der Waals surface area contributed by atoms with Crippen molar-refractivity contribution < 1.29 is 14.4 Å². The van der Waals surface area contributed by atoms with E-state index >= 15 is 0 Å². The van der Waals surface area contributed by atoms with E-state index < -0.39 is 5.92 Å². The van der Waals surface area contributed by atoms with Crippen molar-refractivity contribution in [1.82, 2.24) is 0 Å². The van der Waals surface area contributed by atoms with E-state index in [4.69, 9.17) is 0 Å². The van der Waals surface area contributed by atoms with Crippen molar-refractivity contribution >= 4 is 23.0 Å². The van der Waals surface area contributed by atoms with Crippen LogP contribution < -0.4 is 4.90 Å². The van der Waals surface area contributed by atoms with Crippen LogP contribution in [-0.2, 0) is 4.79 Å². The minimum Gasteiger partial charge on any atom is -0.341 e. The molecule has 4 heteroatoms. The van der Waals surface area contributed by atoms with Crippen LogP contribution in [0.2, 0.25) is 0 Å². The van der Waals surface area contributed by atoms with Gasteiger partial charge in [-0.2, -0.15) is 0 Å². The van der Waals surface area contributed by atoms with E-state index in [1.54, 1.807) is 31.2 Å². The smallest absolute Gasteiger partial charge is 0.178 e. The first-order valence-electron chi connectivity index (χ1n) is 10.6. The lowest BCUT2D eigenvalue weighted by molar-refractivity contribution is -0.120. The zero-order chi connectivity index (χ0) is 21.5. The predicted molar refractivity (Wildman–Crippen MR) is 120 cm³/mol. The van der Waals surface area contributed by atoms with E-state index in [-0.39, 0.29) is 23.3 Å². The molecule has 2 aromatic rings. The number of para-hydroxylation sites is 1. The van der Waals surface area contributed by atoms with Crippen LogP contribution >= 0.6 is 0 Å². The summed E-state index contributed by atoms with van der Waals surface area (Å²) in [6.45, 7) is 2.32. The lowest BCUT2D eigenvalue weighted by Gasteiger charge is -2.38. The van der Waals surface area contributed by atoms with Gasteiger partial charge in [0, 0.05) is 35.0 Å². The van der Waals surface area contributed by atoms with Crippen LogP contribution in [0.25, 0.3) is 0 Å². The molecule has 1 heterocycles. The summed E-state index contributed by atoms with van der Waals surface area (Å²) < 4.78 is 0. The highest BCUT2D eigenvalue weighted by Crippen LogP contribution is 2.39. The molecule has 0 amide bonds. The largest absolute Gasteiger partial charge is 0.341 e. The number of benzene rings is 2. The number of carbonyl (C=O) groups excluding carboxylic acids is 3. The van der Waals surface area contributed by atoms with Crippen molar-refractivity contribution in [2.45, 2.75) is 19.8 Å². The maximum atomic E-state index is 12.8. The molecule has 154 valence electrons. The number of fused-ring (bicyclic) bond motifs is 1. The van der Waals surface area contributed by atoms with Crippen LogP contribution in [0.4, 0.5) is 5.69 Å². The summed E-state index contributed by atoms with van der Waals surface area (Å²) in [6, 6.07) is 17.1. The zero-order valence-electron chi connectivity index (χ0n) is 17.4. The lowest BCUT2D eigenvalue weighted by atomic mass is 9.83. The summed E-state index contributed by atoms with van der Waals surface area (Å²) in [5, 5.41) is 0. The summed E-state index contributed by atoms with van der Waals surface area (Å²) >= 11 is 0. The number of allylic oxidation sites excluding steroid dienone is 5. The molecular formula is C27H23NO3. The van der Waals surface area contributed by atoms with E-state index in [2.05, 4.69) is 23.1 Å². The number of ketones is 3. The molecule has 1 atom stereocenters. The quantitative estimate of drug-likeness (QED) is 0.674. The first-order valence-corrected chi connectivity index (χ1v) is 10.6. The average molecular weight is 409 g/mol. The first-order chi connectivity index (χ1) is 15.0. The third kappa shape index (κ3) is 3.38. The van der Waals surface area contributed by atoms with Gasteiger partial charge in [-0.3, -0.25) is 14.4 Å². The third-order valence-electron chi connectivity index (χ3n) is 6.47. The Morgan fingerprint density at radius 2 is 1.58 bits per heavy atom. The molecule has 5 rings (SSSR count). The van der Waals surface area contributed by atoms with Gasteiger partial charge in [-0.15, -0.1) is 0 Å². The van der Waals surface area contributed by atoms with Crippen LogP contribution in [0.15, 0.2) is 89.7 Å². The summed E-state index contributed by atoms with van der Waals surface area (Å²) in [6.07, 6.45) is 7.24. The molecule has 2 aromatic carbocycles. The van der Waals surface area contributed by atoms with Gasteiger partial charge in [0.15, 0.2) is 11.6 Å². The molecular weight excluding hydrogens is 386 g/mol. The molecule has 2 aliphatic carbocycles. The number of rotatable bonds is 3. The fourth-order valence-corrected chi connectivity index (χ4v) is 4.81. The number of carbonyl (C=O) groups is 3. The Kier molecular flexibility index (Phi) is 4.78. The number of hydrogen-bond acceptors (Lipinski definition) is 4. The molecule has 31 heavy (non-hydrogen) atoms. The molecule has 0 fully saturated rings. The molecule has 0 spiro atoms. The van der Waals surface area contributed by atoms with Gasteiger partial charge in [-0.05, 0) is 49.1 Å². The molecule has 0 bridgehead atoms. The van der Waals surface area contributed by atoms with Gasteiger partial charge in [0.25, 0.3) is 0 Å². The SMILES string of the molecule is CC(=O)C1CC2=C(C=CC(=CC3C(=O)c4ccccc4C3=O)C2)N(c2ccccc2)C1. The van der Waals surface area contributed by atoms with E-state index in [1.807, 2.05) is 30.4 Å². The second-order valence-electron chi connectivity index (χ2n) is 8.45. The normalized spacial score (nSPS) is 22.2. The molecule has 0 radical (unpaired) electrons. The number of hydrogen-bond donors (Lipinski definition) is 0. The predicted octanol–water partition coefficient (Wildman–Crippen LogP) is 4.94. The number of Topliss-reactive ketones (excluding diaryl/α,β-unsaturated/α-hetero) is 3. The highest BCUT2D eigenvalue weighted by molar-refractivity contribution is 6.27. The number of nitrogens with zero attached hydrogens (tertiary/aromatic N) is 1. The molecule has 0 N–H and O–H groups in total. The Morgan fingerprint density at radius 1 is 0.935 bits per heavy atom. The molecule has 1 aliphatic heterocycles. The van der Waals surface area contributed by atoms with Crippen LogP contribution in [0.3, 0.4) is 0 Å². The Bertz CT molecular complexity index is 1150. The molecule has 1 unspecified atom stereocenters. The van der Waals surface area contributed by atoms with Gasteiger partial charge in [0.1, 0.15) is 11.7 Å². The molecule has 4 nitrogen and oxygen atoms in total. The third-order valence-corrected chi connectivity index (χ3v) is 6.47. The van der Waals surface area contributed by atoms with Gasteiger partial charge < -0.3 is 4.90 Å². The van der Waals surface area contributed by atoms with E-state index in [0.717, 1.165) is 17.0 Å². The van der Waals surface area contributed by atoms with Crippen LogP contribution in [-0.4, -0.2) is 23.9 Å². The monoisotopic (exact) mass is 409 g/mol. The number of anilines is 1. The maximum Gasteiger partial charge on any atom is 0.178 e. The van der Waals surface area contributed by atoms with E-state index in [9.17, 15) is 14.4 Å². The van der Waals surface area contributed by atoms with E-state index in [0.29, 0.717) is 30.5 Å². The highest BCUT2D eigenvalue weighted by atomic mass is 16.2.